The third-order valence-corrected chi connectivity index (χ3v) is 7.73. The van der Waals surface area contributed by atoms with Gasteiger partial charge in [-0.05, 0) is 64.5 Å². The lowest BCUT2D eigenvalue weighted by Gasteiger charge is -2.45. The molecule has 7 heteroatoms. The van der Waals surface area contributed by atoms with E-state index in [-0.39, 0.29) is 17.9 Å². The summed E-state index contributed by atoms with van der Waals surface area (Å²) in [5.74, 6) is 0.623. The van der Waals surface area contributed by atoms with Crippen molar-refractivity contribution in [3.8, 4) is 0 Å². The highest BCUT2D eigenvalue weighted by Crippen LogP contribution is 2.33. The molecule has 2 aliphatic heterocycles. The Kier molecular flexibility index (Phi) is 5.32. The number of amides is 2. The van der Waals surface area contributed by atoms with Gasteiger partial charge in [-0.2, -0.15) is 0 Å². The Balaban J connectivity index is 1.42. The van der Waals surface area contributed by atoms with Crippen LogP contribution in [0, 0.1) is 5.92 Å². The van der Waals surface area contributed by atoms with Crippen molar-refractivity contribution in [3.05, 3.63) is 24.1 Å². The average Bonchev–Trinajstić information content (AvgIpc) is 3.48. The molecule has 1 saturated carbocycles. The Morgan fingerprint density at radius 3 is 2.68 bits per heavy atom. The Morgan fingerprint density at radius 2 is 1.94 bits per heavy atom. The molecule has 0 spiro atoms. The predicted octanol–water partition coefficient (Wildman–Crippen LogP) is 3.24. The second-order valence-electron chi connectivity index (χ2n) is 10.00. The Hall–Kier alpha value is -2.28. The maximum Gasteiger partial charge on any atom is 0.271 e. The molecule has 2 aromatic rings. The number of hydrogen-bond acceptors (Lipinski definition) is 4. The molecule has 7 nitrogen and oxygen atoms in total. The molecule has 2 fully saturated rings. The van der Waals surface area contributed by atoms with Crippen LogP contribution in [0.4, 0.5) is 0 Å². The number of rotatable bonds is 5. The zero-order chi connectivity index (χ0) is 21.6. The van der Waals surface area contributed by atoms with Gasteiger partial charge in [-0.25, -0.2) is 0 Å². The van der Waals surface area contributed by atoms with Crippen molar-refractivity contribution in [2.45, 2.75) is 70.5 Å². The first-order valence-corrected chi connectivity index (χ1v) is 11.9. The number of nitrogens with zero attached hydrogens (tertiary/aromatic N) is 3. The highest BCUT2D eigenvalue weighted by molar-refractivity contribution is 6.02. The van der Waals surface area contributed by atoms with Gasteiger partial charge in [-0.3, -0.25) is 9.59 Å². The molecule has 1 saturated heterocycles. The van der Waals surface area contributed by atoms with E-state index < -0.39 is 5.54 Å². The van der Waals surface area contributed by atoms with E-state index in [0.29, 0.717) is 24.4 Å². The maximum atomic E-state index is 13.7. The van der Waals surface area contributed by atoms with Crippen molar-refractivity contribution in [3.63, 3.8) is 0 Å². The molecule has 1 N–H and O–H groups in total. The summed E-state index contributed by atoms with van der Waals surface area (Å²) >= 11 is 0. The van der Waals surface area contributed by atoms with Crippen LogP contribution in [0.1, 0.15) is 62.9 Å². The topological polar surface area (TPSA) is 70.7 Å². The summed E-state index contributed by atoms with van der Waals surface area (Å²) in [6, 6.07) is 3.91. The summed E-state index contributed by atoms with van der Waals surface area (Å²) in [4.78, 5) is 31.5. The van der Waals surface area contributed by atoms with Gasteiger partial charge in [0.2, 0.25) is 5.91 Å². The molecule has 168 valence electrons. The molecule has 31 heavy (non-hydrogen) atoms. The lowest BCUT2D eigenvalue weighted by molar-refractivity contribution is -0.134. The minimum absolute atomic E-state index is 0.0298. The lowest BCUT2D eigenvalue weighted by Crippen LogP contribution is -2.65. The predicted molar refractivity (Wildman–Crippen MR) is 119 cm³/mol. The first-order chi connectivity index (χ1) is 15.0. The number of fused-ring (bicyclic) bond motifs is 3. The van der Waals surface area contributed by atoms with Gasteiger partial charge in [0, 0.05) is 31.3 Å². The van der Waals surface area contributed by atoms with Gasteiger partial charge in [0.05, 0.1) is 18.3 Å². The van der Waals surface area contributed by atoms with E-state index in [1.54, 1.807) is 6.26 Å². The van der Waals surface area contributed by atoms with Gasteiger partial charge >= 0.3 is 0 Å². The molecule has 3 aliphatic rings. The van der Waals surface area contributed by atoms with Gasteiger partial charge in [0.1, 0.15) is 11.2 Å². The number of furan rings is 1. The average molecular weight is 427 g/mol. The number of likely N-dealkylation sites (tertiary alicyclic amines) is 1. The van der Waals surface area contributed by atoms with Crippen LogP contribution in [-0.4, -0.2) is 63.9 Å². The zero-order valence-corrected chi connectivity index (χ0v) is 18.7. The number of carbonyl (C=O) groups is 2. The van der Waals surface area contributed by atoms with E-state index in [9.17, 15) is 9.59 Å². The van der Waals surface area contributed by atoms with Crippen molar-refractivity contribution in [2.75, 3.05) is 26.2 Å². The number of carbonyl (C=O) groups excluding carboxylic acids is 2. The van der Waals surface area contributed by atoms with E-state index in [4.69, 9.17) is 4.42 Å². The molecule has 4 heterocycles. The first kappa shape index (κ1) is 20.6. The van der Waals surface area contributed by atoms with Crippen LogP contribution in [-0.2, 0) is 11.3 Å². The summed E-state index contributed by atoms with van der Waals surface area (Å²) in [7, 11) is 0. The molecule has 1 atom stereocenters. The quantitative estimate of drug-likeness (QED) is 0.797. The van der Waals surface area contributed by atoms with Crippen LogP contribution in [0.3, 0.4) is 0 Å². The largest absolute Gasteiger partial charge is 0.463 e. The van der Waals surface area contributed by atoms with E-state index in [0.717, 1.165) is 56.8 Å². The number of aromatic nitrogens is 1. The fourth-order valence-corrected chi connectivity index (χ4v) is 5.62. The van der Waals surface area contributed by atoms with Crippen LogP contribution in [0.15, 0.2) is 22.8 Å². The molecular formula is C24H34N4O3. The Labute approximate surface area is 183 Å². The molecule has 0 bridgehead atoms. The van der Waals surface area contributed by atoms with Gasteiger partial charge < -0.3 is 24.1 Å². The van der Waals surface area contributed by atoms with Crippen molar-refractivity contribution < 1.29 is 14.0 Å². The monoisotopic (exact) mass is 426 g/mol. The van der Waals surface area contributed by atoms with Crippen molar-refractivity contribution >= 4 is 22.9 Å². The van der Waals surface area contributed by atoms with E-state index in [1.807, 2.05) is 28.5 Å². The normalized spacial score (nSPS) is 29.5. The van der Waals surface area contributed by atoms with Crippen LogP contribution in [0.5, 0.6) is 0 Å². The Bertz CT molecular complexity index is 965. The molecule has 0 radical (unpaired) electrons. The van der Waals surface area contributed by atoms with Crippen LogP contribution in [0.2, 0.25) is 0 Å². The van der Waals surface area contributed by atoms with Crippen molar-refractivity contribution in [1.29, 1.82) is 0 Å². The number of nitrogens with one attached hydrogen (secondary N) is 1. The fraction of sp³-hybridized carbons (Fsp3) is 0.667. The highest BCUT2D eigenvalue weighted by Gasteiger charge is 2.48. The van der Waals surface area contributed by atoms with E-state index in [2.05, 4.69) is 17.1 Å². The van der Waals surface area contributed by atoms with Crippen molar-refractivity contribution in [1.82, 2.24) is 19.7 Å². The molecule has 2 amide bonds. The highest BCUT2D eigenvalue weighted by atomic mass is 16.3. The first-order valence-electron chi connectivity index (χ1n) is 11.9. The Morgan fingerprint density at radius 1 is 1.19 bits per heavy atom. The second-order valence-corrected chi connectivity index (χ2v) is 10.00. The van der Waals surface area contributed by atoms with Crippen LogP contribution in [0.25, 0.3) is 11.1 Å². The summed E-state index contributed by atoms with van der Waals surface area (Å²) in [5, 5.41) is 3.31. The molecule has 5 rings (SSSR count). The summed E-state index contributed by atoms with van der Waals surface area (Å²) in [6.45, 7) is 8.20. The SMILES string of the molecule is CC1CCC(NC(=O)C2(C)Cn3c(cc4occc43)C(=O)N2CCN2CCCC2)CC1. The van der Waals surface area contributed by atoms with Crippen molar-refractivity contribution in [2.24, 2.45) is 5.92 Å². The van der Waals surface area contributed by atoms with Gasteiger partial charge in [0.25, 0.3) is 5.91 Å². The smallest absolute Gasteiger partial charge is 0.271 e. The number of hydrogen-bond donors (Lipinski definition) is 1. The van der Waals surface area contributed by atoms with Crippen LogP contribution < -0.4 is 5.32 Å². The second kappa shape index (κ2) is 8.01. The summed E-state index contributed by atoms with van der Waals surface area (Å²) in [6.07, 6.45) is 8.41. The van der Waals surface area contributed by atoms with Gasteiger partial charge in [0.15, 0.2) is 5.58 Å². The van der Waals surface area contributed by atoms with Crippen LogP contribution >= 0.6 is 0 Å². The minimum atomic E-state index is -0.921. The van der Waals surface area contributed by atoms with E-state index >= 15 is 0 Å². The maximum absolute atomic E-state index is 13.7. The minimum Gasteiger partial charge on any atom is -0.463 e. The molecule has 0 aromatic carbocycles. The fourth-order valence-electron chi connectivity index (χ4n) is 5.62. The molecule has 2 aromatic heterocycles. The summed E-state index contributed by atoms with van der Waals surface area (Å²) < 4.78 is 7.52. The van der Waals surface area contributed by atoms with E-state index in [1.165, 1.54) is 12.8 Å². The summed E-state index contributed by atoms with van der Waals surface area (Å²) in [5.41, 5.74) is 1.28. The third-order valence-electron chi connectivity index (χ3n) is 7.73. The zero-order valence-electron chi connectivity index (χ0n) is 18.7. The lowest BCUT2D eigenvalue weighted by atomic mass is 9.86. The third kappa shape index (κ3) is 3.67. The van der Waals surface area contributed by atoms with Gasteiger partial charge in [-0.1, -0.05) is 6.92 Å². The standard InChI is InChI=1S/C24H34N4O3/c1-17-5-7-18(8-6-17)25-23(30)24(2)16-27-19-9-14-31-21(19)15-20(27)22(29)28(24)13-12-26-10-3-4-11-26/h9,14-15,17-18H,3-8,10-13,16H2,1-2H3,(H,25,30). The molecule has 1 unspecified atom stereocenters. The van der Waals surface area contributed by atoms with Gasteiger partial charge in [-0.15, -0.1) is 0 Å². The molecule has 1 aliphatic carbocycles. The molecular weight excluding hydrogens is 392 g/mol.